The van der Waals surface area contributed by atoms with Crippen LogP contribution in [0.1, 0.15) is 31.8 Å². The van der Waals surface area contributed by atoms with Crippen molar-refractivity contribution in [2.45, 2.75) is 0 Å². The van der Waals surface area contributed by atoms with E-state index in [9.17, 15) is 20.0 Å². The Morgan fingerprint density at radius 3 is 1.93 bits per heavy atom. The summed E-state index contributed by atoms with van der Waals surface area (Å²) < 4.78 is 0. The molecule has 1 aliphatic carbocycles. The fraction of sp³-hybridized carbons (Fsp3) is 0. The van der Waals surface area contributed by atoms with E-state index in [2.05, 4.69) is 5.32 Å². The lowest BCUT2D eigenvalue weighted by Gasteiger charge is -2.23. The standard InChI is InChI=1S/C19H6Cl2N4O3/c20-14-15(21)19(28)13-12(16(14)25-11(7-24)8(5-22)6-23)17(26)9-3-1-2-4-10(9)18(13)27/h1-4,25,28H. The number of halogens is 2. The Bertz CT molecular complexity index is 1230. The molecule has 0 unspecified atom stereocenters. The monoisotopic (exact) mass is 408 g/mol. The summed E-state index contributed by atoms with van der Waals surface area (Å²) >= 11 is 12.2. The first-order valence-corrected chi connectivity index (χ1v) is 8.26. The molecule has 0 aromatic heterocycles. The highest BCUT2D eigenvalue weighted by Crippen LogP contribution is 2.47. The van der Waals surface area contributed by atoms with E-state index in [1.54, 1.807) is 30.3 Å². The van der Waals surface area contributed by atoms with Crippen molar-refractivity contribution in [3.05, 3.63) is 67.8 Å². The molecule has 9 heteroatoms. The molecule has 1 aliphatic rings. The summed E-state index contributed by atoms with van der Waals surface area (Å²) in [5, 5.41) is 39.3. The van der Waals surface area contributed by atoms with Crippen LogP contribution < -0.4 is 5.32 Å². The number of hydrogen-bond acceptors (Lipinski definition) is 7. The molecule has 2 aromatic rings. The molecule has 3 rings (SSSR count). The molecule has 0 radical (unpaired) electrons. The van der Waals surface area contributed by atoms with Crippen LogP contribution in [0, 0.1) is 34.0 Å². The Labute approximate surface area is 168 Å². The maximum atomic E-state index is 13.0. The lowest BCUT2D eigenvalue weighted by molar-refractivity contribution is 0.0977. The van der Waals surface area contributed by atoms with Gasteiger partial charge in [-0.1, -0.05) is 47.5 Å². The Balaban J connectivity index is 2.38. The molecule has 0 bridgehead atoms. The molecule has 2 N–H and O–H groups in total. The van der Waals surface area contributed by atoms with Crippen LogP contribution in [-0.2, 0) is 0 Å². The first-order valence-electron chi connectivity index (χ1n) is 7.51. The quantitative estimate of drug-likeness (QED) is 0.486. The zero-order valence-corrected chi connectivity index (χ0v) is 15.2. The fourth-order valence-corrected chi connectivity index (χ4v) is 3.22. The van der Waals surface area contributed by atoms with Gasteiger partial charge in [0.05, 0.1) is 21.8 Å². The van der Waals surface area contributed by atoms with Crippen LogP contribution in [0.2, 0.25) is 10.0 Å². The Hall–Kier alpha value is -3.83. The minimum absolute atomic E-state index is 0.0733. The molecule has 7 nitrogen and oxygen atoms in total. The molecular weight excluding hydrogens is 403 g/mol. The molecule has 0 amide bonds. The number of carbonyl (C=O) groups excluding carboxylic acids is 2. The van der Waals surface area contributed by atoms with E-state index in [1.807, 2.05) is 0 Å². The second-order valence-corrected chi connectivity index (χ2v) is 6.27. The summed E-state index contributed by atoms with van der Waals surface area (Å²) in [4.78, 5) is 25.9. The van der Waals surface area contributed by atoms with Crippen LogP contribution in [0.15, 0.2) is 35.5 Å². The zero-order chi connectivity index (χ0) is 20.6. The maximum Gasteiger partial charge on any atom is 0.198 e. The maximum absolute atomic E-state index is 13.0. The molecule has 0 fully saturated rings. The van der Waals surface area contributed by atoms with Crippen molar-refractivity contribution in [2.75, 3.05) is 5.32 Å². The lowest BCUT2D eigenvalue weighted by atomic mass is 9.82. The summed E-state index contributed by atoms with van der Waals surface area (Å²) in [5.74, 6) is -1.98. The average molecular weight is 409 g/mol. The van der Waals surface area contributed by atoms with Gasteiger partial charge in [-0.25, -0.2) is 0 Å². The van der Waals surface area contributed by atoms with Gasteiger partial charge in [-0.05, 0) is 0 Å². The summed E-state index contributed by atoms with van der Waals surface area (Å²) in [7, 11) is 0. The van der Waals surface area contributed by atoms with Crippen LogP contribution in [0.5, 0.6) is 5.75 Å². The molecule has 0 heterocycles. The largest absolute Gasteiger partial charge is 0.506 e. The minimum atomic E-state index is -0.677. The number of carbonyl (C=O) groups is 2. The highest BCUT2D eigenvalue weighted by atomic mass is 35.5. The van der Waals surface area contributed by atoms with Crippen molar-refractivity contribution < 1.29 is 14.7 Å². The Morgan fingerprint density at radius 1 is 0.893 bits per heavy atom. The molecule has 0 spiro atoms. The van der Waals surface area contributed by atoms with Gasteiger partial charge in [-0.2, -0.15) is 15.8 Å². The van der Waals surface area contributed by atoms with Gasteiger partial charge in [-0.3, -0.25) is 9.59 Å². The number of nitrogens with one attached hydrogen (secondary N) is 1. The smallest absolute Gasteiger partial charge is 0.198 e. The predicted octanol–water partition coefficient (Wildman–Crippen LogP) is 3.71. The van der Waals surface area contributed by atoms with Gasteiger partial charge in [0.25, 0.3) is 0 Å². The average Bonchev–Trinajstić information content (AvgIpc) is 2.71. The van der Waals surface area contributed by atoms with Crippen molar-refractivity contribution in [2.24, 2.45) is 0 Å². The molecular formula is C19H6Cl2N4O3. The van der Waals surface area contributed by atoms with E-state index >= 15 is 0 Å². The van der Waals surface area contributed by atoms with Crippen LogP contribution in [0.3, 0.4) is 0 Å². The van der Waals surface area contributed by atoms with Crippen LogP contribution in [-0.4, -0.2) is 16.7 Å². The fourth-order valence-electron chi connectivity index (χ4n) is 2.80. The van der Waals surface area contributed by atoms with Gasteiger partial charge < -0.3 is 10.4 Å². The van der Waals surface area contributed by atoms with Crippen LogP contribution in [0.25, 0.3) is 0 Å². The summed E-state index contributed by atoms with van der Waals surface area (Å²) in [6.45, 7) is 0. The molecule has 134 valence electrons. The second-order valence-electron chi connectivity index (χ2n) is 5.52. The van der Waals surface area contributed by atoms with Crippen molar-refractivity contribution in [1.82, 2.24) is 0 Å². The highest BCUT2D eigenvalue weighted by molar-refractivity contribution is 6.47. The van der Waals surface area contributed by atoms with Gasteiger partial charge in [-0.15, -0.1) is 0 Å². The van der Waals surface area contributed by atoms with E-state index in [1.165, 1.54) is 12.1 Å². The van der Waals surface area contributed by atoms with Gasteiger partial charge in [0.1, 0.15) is 34.7 Å². The third-order valence-corrected chi connectivity index (χ3v) is 4.91. The molecule has 2 aromatic carbocycles. The predicted molar refractivity (Wildman–Crippen MR) is 98.9 cm³/mol. The number of allylic oxidation sites excluding steroid dienone is 2. The molecule has 0 saturated carbocycles. The van der Waals surface area contributed by atoms with E-state index < -0.39 is 33.6 Å². The van der Waals surface area contributed by atoms with Crippen LogP contribution >= 0.6 is 23.2 Å². The summed E-state index contributed by atoms with van der Waals surface area (Å²) in [6, 6.07) is 10.7. The number of rotatable bonds is 2. The molecule has 0 aliphatic heterocycles. The summed E-state index contributed by atoms with van der Waals surface area (Å²) in [5.41, 5.74) is -1.85. The van der Waals surface area contributed by atoms with Gasteiger partial charge >= 0.3 is 0 Å². The number of aromatic hydroxyl groups is 1. The number of nitriles is 3. The second kappa shape index (κ2) is 7.06. The van der Waals surface area contributed by atoms with Crippen molar-refractivity contribution >= 4 is 40.5 Å². The number of hydrogen-bond donors (Lipinski definition) is 2. The normalized spacial score (nSPS) is 11.4. The number of nitrogens with zero attached hydrogens (tertiary/aromatic N) is 3. The molecule has 0 atom stereocenters. The first-order chi connectivity index (χ1) is 13.4. The molecule has 0 saturated heterocycles. The van der Waals surface area contributed by atoms with Crippen molar-refractivity contribution in [3.8, 4) is 24.0 Å². The Kier molecular flexibility index (Phi) is 4.78. The number of phenolic OH excluding ortho intramolecular Hbond substituents is 1. The topological polar surface area (TPSA) is 138 Å². The molecule has 28 heavy (non-hydrogen) atoms. The van der Waals surface area contributed by atoms with Crippen molar-refractivity contribution in [1.29, 1.82) is 15.8 Å². The number of fused-ring (bicyclic) bond motifs is 2. The third kappa shape index (κ3) is 2.66. The summed E-state index contributed by atoms with van der Waals surface area (Å²) in [6.07, 6.45) is 0. The highest BCUT2D eigenvalue weighted by Gasteiger charge is 2.37. The number of anilines is 1. The Morgan fingerprint density at radius 2 is 1.43 bits per heavy atom. The number of phenols is 1. The van der Waals surface area contributed by atoms with Gasteiger partial charge in [0, 0.05) is 11.1 Å². The minimum Gasteiger partial charge on any atom is -0.506 e. The van der Waals surface area contributed by atoms with E-state index in [0.717, 1.165) is 0 Å². The van der Waals surface area contributed by atoms with E-state index in [0.29, 0.717) is 0 Å². The van der Waals surface area contributed by atoms with Crippen LogP contribution in [0.4, 0.5) is 5.69 Å². The SMILES string of the molecule is N#CC(C#N)=C(C#N)Nc1c(Cl)c(Cl)c(O)c2c1C(=O)c1ccccc1C2=O. The first kappa shape index (κ1) is 18.9. The van der Waals surface area contributed by atoms with Gasteiger partial charge in [0.2, 0.25) is 0 Å². The lowest BCUT2D eigenvalue weighted by Crippen LogP contribution is -2.23. The number of benzene rings is 2. The van der Waals surface area contributed by atoms with Gasteiger partial charge in [0.15, 0.2) is 17.1 Å². The van der Waals surface area contributed by atoms with E-state index in [4.69, 9.17) is 33.7 Å². The number of ketones is 2. The van der Waals surface area contributed by atoms with E-state index in [-0.39, 0.29) is 33.0 Å². The zero-order valence-electron chi connectivity index (χ0n) is 13.7. The van der Waals surface area contributed by atoms with Crippen molar-refractivity contribution in [3.63, 3.8) is 0 Å². The third-order valence-electron chi connectivity index (χ3n) is 4.06.